The van der Waals surface area contributed by atoms with E-state index in [1.54, 1.807) is 0 Å². The summed E-state index contributed by atoms with van der Waals surface area (Å²) in [7, 11) is 2.06. The van der Waals surface area contributed by atoms with Gasteiger partial charge in [-0.1, -0.05) is 64.1 Å². The minimum absolute atomic E-state index is 0.106. The standard InChI is InChI=1S/C33H35N3O/c1-32(2)17-18-33(3,4)28-20-26-23(19-27(28)32)15-16-25-29(35-36(5)30(25)26)21-11-13-22(14-12-21)31(37)34-24-9-7-6-8-10-24/h6-14,19-20H,15-18H2,1-5H3,(H,34,37). The quantitative estimate of drug-likeness (QED) is 0.325. The highest BCUT2D eigenvalue weighted by molar-refractivity contribution is 6.04. The summed E-state index contributed by atoms with van der Waals surface area (Å²) < 4.78 is 2.06. The fraction of sp³-hybridized carbons (Fsp3) is 0.333. The van der Waals surface area contributed by atoms with Gasteiger partial charge in [-0.3, -0.25) is 9.48 Å². The van der Waals surface area contributed by atoms with Gasteiger partial charge in [0.25, 0.3) is 5.91 Å². The van der Waals surface area contributed by atoms with E-state index in [9.17, 15) is 4.79 Å². The van der Waals surface area contributed by atoms with Crippen molar-refractivity contribution in [2.45, 2.75) is 64.2 Å². The van der Waals surface area contributed by atoms with Gasteiger partial charge in [0.2, 0.25) is 0 Å². The molecule has 188 valence electrons. The van der Waals surface area contributed by atoms with Crippen LogP contribution >= 0.6 is 0 Å². The maximum Gasteiger partial charge on any atom is 0.255 e. The first-order valence-corrected chi connectivity index (χ1v) is 13.3. The first kappa shape index (κ1) is 23.7. The van der Waals surface area contributed by atoms with Crippen molar-refractivity contribution in [1.29, 1.82) is 0 Å². The summed E-state index contributed by atoms with van der Waals surface area (Å²) in [5, 5.41) is 7.96. The molecule has 6 rings (SSSR count). The van der Waals surface area contributed by atoms with E-state index in [-0.39, 0.29) is 16.7 Å². The summed E-state index contributed by atoms with van der Waals surface area (Å²) in [4.78, 5) is 12.7. The summed E-state index contributed by atoms with van der Waals surface area (Å²) in [6.45, 7) is 9.57. The number of carbonyl (C=O) groups is 1. The number of aryl methyl sites for hydroxylation is 2. The van der Waals surface area contributed by atoms with Gasteiger partial charge >= 0.3 is 0 Å². The van der Waals surface area contributed by atoms with Crippen LogP contribution in [-0.2, 0) is 30.7 Å². The van der Waals surface area contributed by atoms with Gasteiger partial charge in [0.1, 0.15) is 0 Å². The van der Waals surface area contributed by atoms with E-state index < -0.39 is 0 Å². The zero-order chi connectivity index (χ0) is 25.9. The smallest absolute Gasteiger partial charge is 0.255 e. The molecular weight excluding hydrogens is 454 g/mol. The highest BCUT2D eigenvalue weighted by atomic mass is 16.1. The molecular formula is C33H35N3O. The van der Waals surface area contributed by atoms with Crippen LogP contribution in [0.4, 0.5) is 5.69 Å². The Labute approximate surface area is 219 Å². The summed E-state index contributed by atoms with van der Waals surface area (Å²) in [5.74, 6) is -0.106. The van der Waals surface area contributed by atoms with E-state index in [1.807, 2.05) is 54.6 Å². The predicted molar refractivity (Wildman–Crippen MR) is 151 cm³/mol. The Balaban J connectivity index is 1.36. The largest absolute Gasteiger partial charge is 0.322 e. The van der Waals surface area contributed by atoms with Crippen LogP contribution in [0.15, 0.2) is 66.7 Å². The zero-order valence-electron chi connectivity index (χ0n) is 22.5. The second-order valence-electron chi connectivity index (χ2n) is 12.0. The molecule has 1 N–H and O–H groups in total. The Hall–Kier alpha value is -3.66. The monoisotopic (exact) mass is 489 g/mol. The Morgan fingerprint density at radius 3 is 2.19 bits per heavy atom. The molecule has 1 heterocycles. The van der Waals surface area contributed by atoms with Gasteiger partial charge in [0, 0.05) is 35.0 Å². The number of anilines is 1. The summed E-state index contributed by atoms with van der Waals surface area (Å²) in [6.07, 6.45) is 4.44. The zero-order valence-corrected chi connectivity index (χ0v) is 22.5. The number of hydrogen-bond donors (Lipinski definition) is 1. The number of para-hydroxylation sites is 1. The third kappa shape index (κ3) is 3.99. The van der Waals surface area contributed by atoms with Crippen LogP contribution in [0.3, 0.4) is 0 Å². The first-order chi connectivity index (χ1) is 17.6. The lowest BCUT2D eigenvalue weighted by Gasteiger charge is -2.43. The molecule has 0 unspecified atom stereocenters. The fourth-order valence-corrected chi connectivity index (χ4v) is 6.22. The van der Waals surface area contributed by atoms with Crippen molar-refractivity contribution in [1.82, 2.24) is 9.78 Å². The summed E-state index contributed by atoms with van der Waals surface area (Å²) >= 11 is 0. The SMILES string of the molecule is Cn1nc(-c2ccc(C(=O)Nc3ccccc3)cc2)c2c1-c1cc3c(cc1CC2)C(C)(C)CCC3(C)C. The number of carbonyl (C=O) groups excluding carboxylic acids is 1. The third-order valence-electron chi connectivity index (χ3n) is 8.57. The number of hydrogen-bond acceptors (Lipinski definition) is 2. The van der Waals surface area contributed by atoms with E-state index in [4.69, 9.17) is 5.10 Å². The van der Waals surface area contributed by atoms with Crippen molar-refractivity contribution in [3.63, 3.8) is 0 Å². The molecule has 0 radical (unpaired) electrons. The first-order valence-electron chi connectivity index (χ1n) is 13.3. The molecule has 0 spiro atoms. The van der Waals surface area contributed by atoms with Gasteiger partial charge in [0.05, 0.1) is 11.4 Å². The summed E-state index contributed by atoms with van der Waals surface area (Å²) in [5.41, 5.74) is 12.2. The second kappa shape index (κ2) is 8.44. The molecule has 0 bridgehead atoms. The van der Waals surface area contributed by atoms with Gasteiger partial charge in [0.15, 0.2) is 0 Å². The van der Waals surface area contributed by atoms with Crippen molar-refractivity contribution < 1.29 is 4.79 Å². The average molecular weight is 490 g/mol. The molecule has 37 heavy (non-hydrogen) atoms. The fourth-order valence-electron chi connectivity index (χ4n) is 6.22. The van der Waals surface area contributed by atoms with Crippen molar-refractivity contribution in [2.75, 3.05) is 5.32 Å². The van der Waals surface area contributed by atoms with Crippen LogP contribution < -0.4 is 5.32 Å². The molecule has 2 aliphatic rings. The van der Waals surface area contributed by atoms with Crippen molar-refractivity contribution in [3.8, 4) is 22.5 Å². The van der Waals surface area contributed by atoms with Crippen molar-refractivity contribution in [3.05, 3.63) is 94.5 Å². The predicted octanol–water partition coefficient (Wildman–Crippen LogP) is 7.45. The Kier molecular flexibility index (Phi) is 5.41. The molecule has 4 nitrogen and oxygen atoms in total. The molecule has 1 aromatic heterocycles. The number of nitrogens with zero attached hydrogens (tertiary/aromatic N) is 2. The normalized spacial score (nSPS) is 16.9. The second-order valence-corrected chi connectivity index (χ2v) is 12.0. The molecule has 4 heteroatoms. The molecule has 0 saturated heterocycles. The highest BCUT2D eigenvalue weighted by Crippen LogP contribution is 2.49. The number of fused-ring (bicyclic) bond motifs is 4. The van der Waals surface area contributed by atoms with Gasteiger partial charge in [-0.2, -0.15) is 5.10 Å². The Morgan fingerprint density at radius 1 is 0.865 bits per heavy atom. The number of amides is 1. The van der Waals surface area contributed by atoms with Crippen LogP contribution in [0.5, 0.6) is 0 Å². The van der Waals surface area contributed by atoms with Crippen molar-refractivity contribution in [2.24, 2.45) is 7.05 Å². The minimum atomic E-state index is -0.106. The molecule has 0 atom stereocenters. The van der Waals surface area contributed by atoms with E-state index in [0.717, 1.165) is 29.8 Å². The molecule has 1 amide bonds. The lowest BCUT2D eigenvalue weighted by atomic mass is 9.62. The number of aromatic nitrogens is 2. The van der Waals surface area contributed by atoms with Gasteiger partial charge in [-0.15, -0.1) is 0 Å². The molecule has 0 fully saturated rings. The molecule has 0 saturated carbocycles. The van der Waals surface area contributed by atoms with E-state index in [0.29, 0.717) is 5.56 Å². The topological polar surface area (TPSA) is 46.9 Å². The number of rotatable bonds is 3. The molecule has 2 aliphatic carbocycles. The average Bonchev–Trinajstić information content (AvgIpc) is 3.23. The lowest BCUT2D eigenvalue weighted by Crippen LogP contribution is -2.34. The molecule has 4 aromatic rings. The molecule has 0 aliphatic heterocycles. The lowest BCUT2D eigenvalue weighted by molar-refractivity contribution is 0.102. The van der Waals surface area contributed by atoms with Crippen LogP contribution in [0, 0.1) is 0 Å². The number of benzene rings is 3. The van der Waals surface area contributed by atoms with Crippen molar-refractivity contribution >= 4 is 11.6 Å². The third-order valence-corrected chi connectivity index (χ3v) is 8.57. The maximum atomic E-state index is 12.7. The van der Waals surface area contributed by atoms with Crippen LogP contribution in [0.2, 0.25) is 0 Å². The Morgan fingerprint density at radius 2 is 1.51 bits per heavy atom. The maximum absolute atomic E-state index is 12.7. The van der Waals surface area contributed by atoms with Crippen LogP contribution in [0.25, 0.3) is 22.5 Å². The van der Waals surface area contributed by atoms with E-state index in [1.165, 1.54) is 46.4 Å². The summed E-state index contributed by atoms with van der Waals surface area (Å²) in [6, 6.07) is 22.4. The number of nitrogens with one attached hydrogen (secondary N) is 1. The molecule has 3 aromatic carbocycles. The van der Waals surface area contributed by atoms with E-state index >= 15 is 0 Å². The van der Waals surface area contributed by atoms with E-state index in [2.05, 4.69) is 56.9 Å². The van der Waals surface area contributed by atoms with Gasteiger partial charge in [-0.05, 0) is 83.5 Å². The van der Waals surface area contributed by atoms with Gasteiger partial charge < -0.3 is 5.32 Å². The van der Waals surface area contributed by atoms with Gasteiger partial charge in [-0.25, -0.2) is 0 Å². The van der Waals surface area contributed by atoms with Crippen LogP contribution in [-0.4, -0.2) is 15.7 Å². The highest BCUT2D eigenvalue weighted by Gasteiger charge is 2.39. The van der Waals surface area contributed by atoms with Crippen LogP contribution in [0.1, 0.15) is 73.1 Å². The minimum Gasteiger partial charge on any atom is -0.322 e. The Bertz CT molecular complexity index is 1510.